The average molecular weight is 482 g/mol. The van der Waals surface area contributed by atoms with Crippen molar-refractivity contribution in [3.8, 4) is 0 Å². The average Bonchev–Trinajstić information content (AvgIpc) is 2.83. The van der Waals surface area contributed by atoms with E-state index in [9.17, 15) is 22.8 Å². The summed E-state index contributed by atoms with van der Waals surface area (Å²) in [5, 5.41) is 5.17. The number of rotatable bonds is 9. The smallest absolute Gasteiger partial charge is 0.338 e. The van der Waals surface area contributed by atoms with Crippen LogP contribution in [0.3, 0.4) is 0 Å². The van der Waals surface area contributed by atoms with E-state index in [1.807, 2.05) is 6.07 Å². The molecule has 10 heteroatoms. The van der Waals surface area contributed by atoms with Crippen LogP contribution >= 0.6 is 0 Å². The minimum Gasteiger partial charge on any atom is -0.452 e. The number of esters is 1. The normalized spacial score (nSPS) is 10.9. The number of carbonyl (C=O) groups is 3. The molecule has 0 heterocycles. The van der Waals surface area contributed by atoms with Crippen LogP contribution in [-0.4, -0.2) is 32.8 Å². The van der Waals surface area contributed by atoms with Gasteiger partial charge in [0, 0.05) is 24.8 Å². The predicted octanol–water partition coefficient (Wildman–Crippen LogP) is 2.92. The minimum absolute atomic E-state index is 0.00459. The molecule has 3 aromatic carbocycles. The lowest BCUT2D eigenvalue weighted by Gasteiger charge is -2.10. The molecule has 0 aromatic heterocycles. The molecule has 0 saturated carbocycles. The summed E-state index contributed by atoms with van der Waals surface area (Å²) in [6.45, 7) is 0.926. The SMILES string of the molecule is CC(=O)Nc1ccc(NC(=O)COC(=O)c2cccc(S(=O)(=O)NCc3ccccc3)c2)cc1. The zero-order valence-electron chi connectivity index (χ0n) is 18.3. The number of sulfonamides is 1. The number of benzene rings is 3. The Morgan fingerprint density at radius 1 is 0.824 bits per heavy atom. The lowest BCUT2D eigenvalue weighted by Crippen LogP contribution is -2.24. The van der Waals surface area contributed by atoms with Gasteiger partial charge in [-0.2, -0.15) is 0 Å². The molecule has 0 aliphatic carbocycles. The second-order valence-electron chi connectivity index (χ2n) is 7.22. The molecule has 0 fully saturated rings. The highest BCUT2D eigenvalue weighted by Crippen LogP contribution is 2.15. The fourth-order valence-electron chi connectivity index (χ4n) is 2.90. The van der Waals surface area contributed by atoms with Crippen molar-refractivity contribution in [1.29, 1.82) is 0 Å². The van der Waals surface area contributed by atoms with Gasteiger partial charge in [-0.25, -0.2) is 17.9 Å². The molecule has 0 bridgehead atoms. The van der Waals surface area contributed by atoms with Gasteiger partial charge in [0.25, 0.3) is 5.91 Å². The number of hydrogen-bond acceptors (Lipinski definition) is 6. The second kappa shape index (κ2) is 11.2. The number of nitrogens with one attached hydrogen (secondary N) is 3. The largest absolute Gasteiger partial charge is 0.452 e. The highest BCUT2D eigenvalue weighted by Gasteiger charge is 2.17. The van der Waals surface area contributed by atoms with Gasteiger partial charge in [0.05, 0.1) is 10.5 Å². The van der Waals surface area contributed by atoms with Crippen LogP contribution < -0.4 is 15.4 Å². The Kier molecular flexibility index (Phi) is 8.12. The first-order valence-corrected chi connectivity index (χ1v) is 11.7. The topological polar surface area (TPSA) is 131 Å². The molecule has 3 aromatic rings. The number of anilines is 2. The Hall–Kier alpha value is -4.02. The van der Waals surface area contributed by atoms with E-state index >= 15 is 0 Å². The van der Waals surface area contributed by atoms with Crippen LogP contribution in [0.1, 0.15) is 22.8 Å². The molecule has 0 radical (unpaired) electrons. The van der Waals surface area contributed by atoms with Crippen molar-refractivity contribution in [2.24, 2.45) is 0 Å². The Labute approximate surface area is 197 Å². The van der Waals surface area contributed by atoms with Crippen LogP contribution in [0.5, 0.6) is 0 Å². The van der Waals surface area contributed by atoms with Crippen molar-refractivity contribution >= 4 is 39.2 Å². The Balaban J connectivity index is 1.55. The molecule has 0 saturated heterocycles. The van der Waals surface area contributed by atoms with Crippen LogP contribution in [0, 0.1) is 0 Å². The van der Waals surface area contributed by atoms with Crippen molar-refractivity contribution in [2.75, 3.05) is 17.2 Å². The molecule has 0 atom stereocenters. The first kappa shape index (κ1) is 24.6. The first-order chi connectivity index (χ1) is 16.2. The standard InChI is InChI=1S/C24H23N3O6S/c1-17(28)26-20-10-12-21(13-11-20)27-23(29)16-33-24(30)19-8-5-9-22(14-19)34(31,32)25-15-18-6-3-2-4-7-18/h2-14,25H,15-16H2,1H3,(H,26,28)(H,27,29). The van der Waals surface area contributed by atoms with Crippen LogP contribution in [0.15, 0.2) is 83.8 Å². The minimum atomic E-state index is -3.86. The van der Waals surface area contributed by atoms with Crippen molar-refractivity contribution < 1.29 is 27.5 Å². The van der Waals surface area contributed by atoms with Gasteiger partial charge in [0.15, 0.2) is 6.61 Å². The molecule has 0 spiro atoms. The molecule has 0 aliphatic heterocycles. The van der Waals surface area contributed by atoms with Gasteiger partial charge < -0.3 is 15.4 Å². The maximum atomic E-state index is 12.6. The molecule has 0 aliphatic rings. The monoisotopic (exact) mass is 481 g/mol. The molecule has 0 unspecified atom stereocenters. The Bertz CT molecular complexity index is 1280. The molecule has 3 N–H and O–H groups in total. The van der Waals surface area contributed by atoms with Gasteiger partial charge in [-0.3, -0.25) is 9.59 Å². The molecule has 176 valence electrons. The number of carbonyl (C=O) groups excluding carboxylic acids is 3. The van der Waals surface area contributed by atoms with E-state index in [-0.39, 0.29) is 22.9 Å². The zero-order valence-corrected chi connectivity index (χ0v) is 19.1. The maximum Gasteiger partial charge on any atom is 0.338 e. The summed E-state index contributed by atoms with van der Waals surface area (Å²) in [6, 6.07) is 20.8. The lowest BCUT2D eigenvalue weighted by molar-refractivity contribution is -0.119. The van der Waals surface area contributed by atoms with Gasteiger partial charge >= 0.3 is 5.97 Å². The Morgan fingerprint density at radius 2 is 1.47 bits per heavy atom. The van der Waals surface area contributed by atoms with Gasteiger partial charge in [0.1, 0.15) is 0 Å². The Morgan fingerprint density at radius 3 is 2.12 bits per heavy atom. The number of ether oxygens (including phenoxy) is 1. The van der Waals surface area contributed by atoms with Gasteiger partial charge in [-0.05, 0) is 48.0 Å². The van der Waals surface area contributed by atoms with Crippen LogP contribution in [0.25, 0.3) is 0 Å². The van der Waals surface area contributed by atoms with Crippen molar-refractivity contribution in [3.63, 3.8) is 0 Å². The lowest BCUT2D eigenvalue weighted by atomic mass is 10.2. The maximum absolute atomic E-state index is 12.6. The quantitative estimate of drug-likeness (QED) is 0.403. The number of amides is 2. The van der Waals surface area contributed by atoms with Gasteiger partial charge in [0.2, 0.25) is 15.9 Å². The summed E-state index contributed by atoms with van der Waals surface area (Å²) in [5.41, 5.74) is 1.81. The summed E-state index contributed by atoms with van der Waals surface area (Å²) in [7, 11) is -3.86. The van der Waals surface area contributed by atoms with E-state index in [4.69, 9.17) is 4.74 Å². The van der Waals surface area contributed by atoms with Gasteiger partial charge in [-0.15, -0.1) is 0 Å². The van der Waals surface area contributed by atoms with Crippen molar-refractivity contribution in [3.05, 3.63) is 90.0 Å². The fourth-order valence-corrected chi connectivity index (χ4v) is 3.96. The van der Waals surface area contributed by atoms with Crippen molar-refractivity contribution in [1.82, 2.24) is 4.72 Å². The van der Waals surface area contributed by atoms with E-state index in [2.05, 4.69) is 15.4 Å². The number of hydrogen-bond donors (Lipinski definition) is 3. The van der Waals surface area contributed by atoms with E-state index in [0.717, 1.165) is 5.56 Å². The van der Waals surface area contributed by atoms with Crippen LogP contribution in [0.4, 0.5) is 11.4 Å². The third-order valence-corrected chi connectivity index (χ3v) is 5.91. The fraction of sp³-hybridized carbons (Fsp3) is 0.125. The highest BCUT2D eigenvalue weighted by atomic mass is 32.2. The molecule has 3 rings (SSSR count). The third kappa shape index (κ3) is 7.26. The van der Waals surface area contributed by atoms with E-state index in [1.54, 1.807) is 48.5 Å². The van der Waals surface area contributed by atoms with E-state index in [0.29, 0.717) is 11.4 Å². The summed E-state index contributed by atoms with van der Waals surface area (Å²) < 4.78 is 32.7. The highest BCUT2D eigenvalue weighted by molar-refractivity contribution is 7.89. The van der Waals surface area contributed by atoms with Crippen LogP contribution in [0.2, 0.25) is 0 Å². The first-order valence-electron chi connectivity index (χ1n) is 10.2. The van der Waals surface area contributed by atoms with Gasteiger partial charge in [-0.1, -0.05) is 36.4 Å². The van der Waals surface area contributed by atoms with Crippen LogP contribution in [-0.2, 0) is 30.9 Å². The molecular weight excluding hydrogens is 458 g/mol. The molecule has 34 heavy (non-hydrogen) atoms. The summed E-state index contributed by atoms with van der Waals surface area (Å²) in [4.78, 5) is 35.4. The zero-order chi connectivity index (χ0) is 24.6. The third-order valence-electron chi connectivity index (χ3n) is 4.51. The predicted molar refractivity (Wildman–Crippen MR) is 127 cm³/mol. The van der Waals surface area contributed by atoms with Crippen molar-refractivity contribution in [2.45, 2.75) is 18.4 Å². The second-order valence-corrected chi connectivity index (χ2v) is 8.99. The molecule has 9 nitrogen and oxygen atoms in total. The van der Waals surface area contributed by atoms with E-state index < -0.39 is 28.5 Å². The summed E-state index contributed by atoms with van der Waals surface area (Å²) >= 11 is 0. The summed E-state index contributed by atoms with van der Waals surface area (Å²) in [6.07, 6.45) is 0. The molecule has 2 amide bonds. The molecular formula is C24H23N3O6S. The van der Waals surface area contributed by atoms with E-state index in [1.165, 1.54) is 31.2 Å². The summed E-state index contributed by atoms with van der Waals surface area (Å²) in [5.74, 6) is -1.63.